The van der Waals surface area contributed by atoms with Crippen LogP contribution < -0.4 is 0 Å². The van der Waals surface area contributed by atoms with Gasteiger partial charge in [0.15, 0.2) is 0 Å². The molecule has 1 aromatic heterocycles. The number of carbonyl (C=O) groups is 1. The standard InChI is InChI=1S/C19H19NO4S/c1-3-24-19(21)13-15-5-4-6-18-17(15)11-12-20(18)25(22,23)16-9-7-14(2)8-10-16/h4-12H,3,13H2,1-2H3. The lowest BCUT2D eigenvalue weighted by Crippen LogP contribution is -2.12. The van der Waals surface area contributed by atoms with Crippen molar-refractivity contribution in [2.24, 2.45) is 0 Å². The molecule has 0 spiro atoms. The van der Waals surface area contributed by atoms with Gasteiger partial charge in [-0.2, -0.15) is 0 Å². The predicted octanol–water partition coefficient (Wildman–Crippen LogP) is 3.29. The first kappa shape index (κ1) is 17.2. The van der Waals surface area contributed by atoms with Crippen molar-refractivity contribution in [3.63, 3.8) is 0 Å². The Labute approximate surface area is 146 Å². The van der Waals surface area contributed by atoms with Gasteiger partial charge in [-0.3, -0.25) is 4.79 Å². The molecule has 0 amide bonds. The third-order valence-corrected chi connectivity index (χ3v) is 5.71. The van der Waals surface area contributed by atoms with E-state index in [4.69, 9.17) is 4.74 Å². The van der Waals surface area contributed by atoms with Crippen LogP contribution >= 0.6 is 0 Å². The van der Waals surface area contributed by atoms with Gasteiger partial charge in [0, 0.05) is 11.6 Å². The van der Waals surface area contributed by atoms with Gasteiger partial charge >= 0.3 is 5.97 Å². The fourth-order valence-electron chi connectivity index (χ4n) is 2.76. The van der Waals surface area contributed by atoms with Crippen molar-refractivity contribution in [2.75, 3.05) is 6.61 Å². The van der Waals surface area contributed by atoms with E-state index in [0.717, 1.165) is 16.5 Å². The Morgan fingerprint density at radius 2 is 1.80 bits per heavy atom. The van der Waals surface area contributed by atoms with Crippen LogP contribution in [0.3, 0.4) is 0 Å². The quantitative estimate of drug-likeness (QED) is 0.657. The molecular formula is C19H19NO4S. The summed E-state index contributed by atoms with van der Waals surface area (Å²) in [4.78, 5) is 12.0. The van der Waals surface area contributed by atoms with Crippen molar-refractivity contribution in [1.82, 2.24) is 3.97 Å². The normalized spacial score (nSPS) is 11.6. The van der Waals surface area contributed by atoms with Gasteiger partial charge in [0.05, 0.1) is 23.4 Å². The Hall–Kier alpha value is -2.60. The van der Waals surface area contributed by atoms with Crippen molar-refractivity contribution < 1.29 is 17.9 Å². The monoisotopic (exact) mass is 357 g/mol. The van der Waals surface area contributed by atoms with Crippen LogP contribution in [0.15, 0.2) is 59.6 Å². The smallest absolute Gasteiger partial charge is 0.310 e. The molecule has 2 aromatic carbocycles. The SMILES string of the molecule is CCOC(=O)Cc1cccc2c1ccn2S(=O)(=O)c1ccc(C)cc1. The maximum Gasteiger partial charge on any atom is 0.310 e. The average molecular weight is 357 g/mol. The Balaban J connectivity index is 2.06. The molecule has 0 N–H and O–H groups in total. The summed E-state index contributed by atoms with van der Waals surface area (Å²) in [6, 6.07) is 13.7. The number of carbonyl (C=O) groups excluding carboxylic acids is 1. The summed E-state index contributed by atoms with van der Waals surface area (Å²) in [7, 11) is -3.69. The number of benzene rings is 2. The Morgan fingerprint density at radius 1 is 1.08 bits per heavy atom. The molecule has 0 atom stereocenters. The van der Waals surface area contributed by atoms with Crippen molar-refractivity contribution in [1.29, 1.82) is 0 Å². The summed E-state index contributed by atoms with van der Waals surface area (Å²) in [5.41, 5.74) is 2.28. The minimum atomic E-state index is -3.69. The van der Waals surface area contributed by atoms with Crippen LogP contribution in [-0.4, -0.2) is 25.0 Å². The molecule has 0 radical (unpaired) electrons. The lowest BCUT2D eigenvalue weighted by Gasteiger charge is -2.09. The largest absolute Gasteiger partial charge is 0.466 e. The van der Waals surface area contributed by atoms with Crippen LogP contribution in [0, 0.1) is 6.92 Å². The van der Waals surface area contributed by atoms with Crippen LogP contribution in [0.2, 0.25) is 0 Å². The van der Waals surface area contributed by atoms with Gasteiger partial charge in [0.2, 0.25) is 0 Å². The van der Waals surface area contributed by atoms with Crippen molar-refractivity contribution in [3.8, 4) is 0 Å². The second-order valence-electron chi connectivity index (χ2n) is 5.76. The number of esters is 1. The van der Waals surface area contributed by atoms with Gasteiger partial charge in [-0.05, 0) is 43.7 Å². The first-order chi connectivity index (χ1) is 11.9. The minimum Gasteiger partial charge on any atom is -0.466 e. The van der Waals surface area contributed by atoms with E-state index in [0.29, 0.717) is 12.1 Å². The summed E-state index contributed by atoms with van der Waals surface area (Å²) in [5, 5.41) is 0.728. The van der Waals surface area contributed by atoms with E-state index in [1.807, 2.05) is 13.0 Å². The van der Waals surface area contributed by atoms with Crippen LogP contribution in [0.4, 0.5) is 0 Å². The molecule has 0 saturated heterocycles. The van der Waals surface area contributed by atoms with Crippen LogP contribution in [0.5, 0.6) is 0 Å². The van der Waals surface area contributed by atoms with Gasteiger partial charge in [-0.25, -0.2) is 12.4 Å². The number of fused-ring (bicyclic) bond motifs is 1. The molecule has 0 saturated carbocycles. The number of aryl methyl sites for hydroxylation is 1. The number of aromatic nitrogens is 1. The minimum absolute atomic E-state index is 0.111. The van der Waals surface area contributed by atoms with Gasteiger partial charge < -0.3 is 4.74 Å². The highest BCUT2D eigenvalue weighted by atomic mass is 32.2. The second-order valence-corrected chi connectivity index (χ2v) is 7.58. The molecule has 5 nitrogen and oxygen atoms in total. The molecule has 0 aliphatic carbocycles. The first-order valence-corrected chi connectivity index (χ1v) is 9.44. The van der Waals surface area contributed by atoms with E-state index < -0.39 is 10.0 Å². The third-order valence-electron chi connectivity index (χ3n) is 4.01. The lowest BCUT2D eigenvalue weighted by molar-refractivity contribution is -0.142. The van der Waals surface area contributed by atoms with Crippen molar-refractivity contribution in [3.05, 3.63) is 65.9 Å². The highest BCUT2D eigenvalue weighted by molar-refractivity contribution is 7.90. The van der Waals surface area contributed by atoms with Crippen LogP contribution in [0.1, 0.15) is 18.1 Å². The average Bonchev–Trinajstić information content (AvgIpc) is 3.01. The Morgan fingerprint density at radius 3 is 2.48 bits per heavy atom. The fourth-order valence-corrected chi connectivity index (χ4v) is 4.11. The number of hydrogen-bond donors (Lipinski definition) is 0. The predicted molar refractivity (Wildman–Crippen MR) is 96.0 cm³/mol. The van der Waals surface area contributed by atoms with E-state index >= 15 is 0 Å². The van der Waals surface area contributed by atoms with Gasteiger partial charge in [-0.15, -0.1) is 0 Å². The van der Waals surface area contributed by atoms with Crippen LogP contribution in [0.25, 0.3) is 10.9 Å². The summed E-state index contributed by atoms with van der Waals surface area (Å²) in [5.74, 6) is -0.329. The molecule has 3 aromatic rings. The Kier molecular flexibility index (Phi) is 4.63. The highest BCUT2D eigenvalue weighted by Gasteiger charge is 2.20. The molecular weight excluding hydrogens is 338 g/mol. The summed E-state index contributed by atoms with van der Waals surface area (Å²) in [6.07, 6.45) is 1.63. The summed E-state index contributed by atoms with van der Waals surface area (Å²) < 4.78 is 32.1. The lowest BCUT2D eigenvalue weighted by atomic mass is 10.1. The Bertz CT molecular complexity index is 1020. The molecule has 130 valence electrons. The molecule has 25 heavy (non-hydrogen) atoms. The molecule has 6 heteroatoms. The number of ether oxygens (including phenoxy) is 1. The van der Waals surface area contributed by atoms with E-state index in [-0.39, 0.29) is 17.3 Å². The van der Waals surface area contributed by atoms with E-state index in [2.05, 4.69) is 0 Å². The molecule has 0 fully saturated rings. The van der Waals surface area contributed by atoms with Crippen molar-refractivity contribution >= 4 is 26.9 Å². The topological polar surface area (TPSA) is 65.4 Å². The summed E-state index contributed by atoms with van der Waals surface area (Å²) in [6.45, 7) is 3.98. The van der Waals surface area contributed by atoms with E-state index in [1.165, 1.54) is 10.2 Å². The zero-order chi connectivity index (χ0) is 18.0. The number of rotatable bonds is 5. The summed E-state index contributed by atoms with van der Waals surface area (Å²) >= 11 is 0. The highest BCUT2D eigenvalue weighted by Crippen LogP contribution is 2.25. The zero-order valence-electron chi connectivity index (χ0n) is 14.1. The molecule has 1 heterocycles. The van der Waals surface area contributed by atoms with Gasteiger partial charge in [-0.1, -0.05) is 29.8 Å². The maximum absolute atomic E-state index is 12.9. The number of hydrogen-bond acceptors (Lipinski definition) is 4. The molecule has 0 aliphatic rings. The fraction of sp³-hybridized carbons (Fsp3) is 0.211. The van der Waals surface area contributed by atoms with Crippen LogP contribution in [-0.2, 0) is 26.0 Å². The molecule has 3 rings (SSSR count). The maximum atomic E-state index is 12.9. The van der Waals surface area contributed by atoms with E-state index in [9.17, 15) is 13.2 Å². The second kappa shape index (κ2) is 6.72. The molecule has 0 aliphatic heterocycles. The van der Waals surface area contributed by atoms with Gasteiger partial charge in [0.1, 0.15) is 0 Å². The molecule has 0 bridgehead atoms. The zero-order valence-corrected chi connectivity index (χ0v) is 14.9. The number of nitrogens with zero attached hydrogens (tertiary/aromatic N) is 1. The van der Waals surface area contributed by atoms with Gasteiger partial charge in [0.25, 0.3) is 10.0 Å². The third kappa shape index (κ3) is 3.30. The first-order valence-electron chi connectivity index (χ1n) is 8.00. The molecule has 0 unspecified atom stereocenters. The van der Waals surface area contributed by atoms with E-state index in [1.54, 1.807) is 49.4 Å². The van der Waals surface area contributed by atoms with Crippen molar-refractivity contribution in [2.45, 2.75) is 25.2 Å².